The predicted molar refractivity (Wildman–Crippen MR) is 194 cm³/mol. The van der Waals surface area contributed by atoms with Crippen LogP contribution in [0.2, 0.25) is 0 Å². The van der Waals surface area contributed by atoms with Gasteiger partial charge in [0, 0.05) is 61.3 Å². The highest BCUT2D eigenvalue weighted by Gasteiger charge is 2.39. The zero-order valence-electron chi connectivity index (χ0n) is 31.2. The van der Waals surface area contributed by atoms with E-state index in [2.05, 4.69) is 10.6 Å². The van der Waals surface area contributed by atoms with Crippen LogP contribution < -0.4 is 16.4 Å². The highest BCUT2D eigenvalue weighted by molar-refractivity contribution is 6.14. The molecule has 6 N–H and O–H groups in total. The van der Waals surface area contributed by atoms with E-state index in [1.165, 1.54) is 4.90 Å². The third-order valence-corrected chi connectivity index (χ3v) is 8.44. The van der Waals surface area contributed by atoms with Gasteiger partial charge in [0.1, 0.15) is 24.8 Å². The van der Waals surface area contributed by atoms with E-state index < -0.39 is 84.0 Å². The predicted octanol–water partition coefficient (Wildman–Crippen LogP) is 2.90. The lowest BCUT2D eigenvalue weighted by molar-refractivity contribution is -0.192. The van der Waals surface area contributed by atoms with Crippen LogP contribution in [0, 0.1) is 17.0 Å². The Bertz CT molecular complexity index is 1940. The van der Waals surface area contributed by atoms with Gasteiger partial charge in [-0.25, -0.2) is 13.6 Å². The number of imide groups is 1. The number of halogens is 5. The number of rotatable bonds is 15. The third-order valence-electron chi connectivity index (χ3n) is 8.44. The first-order chi connectivity index (χ1) is 26.6. The molecule has 0 fully saturated rings. The Morgan fingerprint density at radius 1 is 0.912 bits per heavy atom. The average molecular weight is 807 g/mol. The number of carboxylic acid groups (broad SMARTS) is 1. The van der Waals surface area contributed by atoms with Gasteiger partial charge in [-0.05, 0) is 41.7 Å². The molecule has 4 rings (SSSR count). The molecule has 2 aromatic carbocycles. The second-order valence-corrected chi connectivity index (χ2v) is 13.8. The lowest BCUT2D eigenvalue weighted by atomic mass is 9.82. The first-order valence-electron chi connectivity index (χ1n) is 17.4. The number of hydrogen-bond donors (Lipinski definition) is 5. The Labute approximate surface area is 324 Å². The van der Waals surface area contributed by atoms with Crippen LogP contribution in [-0.2, 0) is 35.3 Å². The van der Waals surface area contributed by atoms with Crippen LogP contribution in [-0.4, -0.2) is 105 Å². The van der Waals surface area contributed by atoms with E-state index in [4.69, 9.17) is 15.6 Å². The fraction of sp³-hybridized carbons (Fsp3) is 0.368. The van der Waals surface area contributed by atoms with Gasteiger partial charge in [0.05, 0.1) is 12.1 Å². The number of aliphatic carboxylic acids is 1. The summed E-state index contributed by atoms with van der Waals surface area (Å²) in [5.41, 5.74) is 7.53. The number of amides is 5. The number of aliphatic hydroxyl groups excluding tert-OH is 1. The molecule has 0 aliphatic carbocycles. The van der Waals surface area contributed by atoms with Gasteiger partial charge in [0.2, 0.25) is 17.7 Å². The van der Waals surface area contributed by atoms with Crippen LogP contribution >= 0.6 is 0 Å². The first kappa shape index (κ1) is 45.4. The minimum atomic E-state index is -5.08. The maximum Gasteiger partial charge on any atom is 0.490 e. The number of aromatic nitrogens is 1. The summed E-state index contributed by atoms with van der Waals surface area (Å²) in [6, 6.07) is 12.6. The van der Waals surface area contributed by atoms with E-state index in [1.807, 2.05) is 55.7 Å². The maximum atomic E-state index is 15.0. The standard InChI is InChI=1S/C36H42F2N6O6.C2HF3O2/c1-36(2,3)34(29-17-24(26-18-25(37)9-10-27(26)38)20-42(29)19-23-7-5-4-6-8-23)43(33(49)22-45)16-13-28(39)35(50)41-15-14-40-30(46)21-44-31(47)11-12-32(44)48;3-2(4,5)1(6)7/h4-12,17-18,20,28,34,45H,13-16,19,21-22,39H2,1-3H3,(H,40,46)(H,41,50);(H,6,7)/t28-,34?;/m0./s1. The molecule has 0 saturated heterocycles. The van der Waals surface area contributed by atoms with Crippen LogP contribution in [0.5, 0.6) is 0 Å². The van der Waals surface area contributed by atoms with Gasteiger partial charge in [-0.15, -0.1) is 0 Å². The Morgan fingerprint density at radius 3 is 2.07 bits per heavy atom. The van der Waals surface area contributed by atoms with E-state index in [0.717, 1.165) is 40.8 Å². The molecule has 0 bridgehead atoms. The van der Waals surface area contributed by atoms with Crippen molar-refractivity contribution in [2.24, 2.45) is 11.1 Å². The summed E-state index contributed by atoms with van der Waals surface area (Å²) in [5, 5.41) is 22.3. The van der Waals surface area contributed by atoms with E-state index in [1.54, 1.807) is 12.3 Å². The molecular weight excluding hydrogens is 763 g/mol. The van der Waals surface area contributed by atoms with E-state index >= 15 is 0 Å². The van der Waals surface area contributed by atoms with Gasteiger partial charge in [0.15, 0.2) is 0 Å². The van der Waals surface area contributed by atoms with Crippen molar-refractivity contribution in [3.05, 3.63) is 95.8 Å². The molecule has 1 aliphatic heterocycles. The summed E-state index contributed by atoms with van der Waals surface area (Å²) >= 11 is 0. The quantitative estimate of drug-likeness (QED) is 0.0870. The lowest BCUT2D eigenvalue weighted by Gasteiger charge is -2.41. The number of nitrogens with two attached hydrogens (primary N) is 1. The van der Waals surface area contributed by atoms with Crippen molar-refractivity contribution in [1.29, 1.82) is 0 Å². The molecule has 5 amide bonds. The van der Waals surface area contributed by atoms with E-state index in [0.29, 0.717) is 17.8 Å². The molecule has 14 nitrogen and oxygen atoms in total. The number of hydrogen-bond acceptors (Lipinski definition) is 8. The van der Waals surface area contributed by atoms with Crippen LogP contribution in [0.25, 0.3) is 11.1 Å². The summed E-state index contributed by atoms with van der Waals surface area (Å²) < 4.78 is 62.8. The van der Waals surface area contributed by atoms with E-state index in [9.17, 15) is 51.0 Å². The first-order valence-corrected chi connectivity index (χ1v) is 17.4. The normalized spacial score (nSPS) is 13.8. The Hall–Kier alpha value is -5.95. The molecule has 57 heavy (non-hydrogen) atoms. The van der Waals surface area contributed by atoms with Gasteiger partial charge in [-0.3, -0.25) is 28.9 Å². The SMILES string of the molecule is CC(C)(C)C(c1cc(-c2cc(F)ccc2F)cn1Cc1ccccc1)N(CC[C@H](N)C(=O)NCCNC(=O)CN1C(=O)C=CC1=O)C(=O)CO.O=C(O)C(F)(F)F. The fourth-order valence-electron chi connectivity index (χ4n) is 5.81. The molecular formula is C38H43F5N6O8. The number of carbonyl (C=O) groups is 6. The number of nitrogens with one attached hydrogen (secondary N) is 2. The Balaban J connectivity index is 0.00000113. The Kier molecular flexibility index (Phi) is 15.8. The minimum Gasteiger partial charge on any atom is -0.475 e. The second kappa shape index (κ2) is 19.8. The summed E-state index contributed by atoms with van der Waals surface area (Å²) in [4.78, 5) is 72.7. The van der Waals surface area contributed by atoms with E-state index in [-0.39, 0.29) is 31.6 Å². The zero-order valence-corrected chi connectivity index (χ0v) is 31.2. The molecule has 1 aromatic heterocycles. The number of nitrogens with zero attached hydrogens (tertiary/aromatic N) is 3. The molecule has 2 heterocycles. The largest absolute Gasteiger partial charge is 0.490 e. The van der Waals surface area contributed by atoms with Crippen LogP contribution in [0.3, 0.4) is 0 Å². The number of alkyl halides is 3. The highest BCUT2D eigenvalue weighted by atomic mass is 19.4. The van der Waals surface area contributed by atoms with Gasteiger partial charge >= 0.3 is 12.1 Å². The molecule has 0 spiro atoms. The van der Waals surface area contributed by atoms with Gasteiger partial charge < -0.3 is 36.0 Å². The summed E-state index contributed by atoms with van der Waals surface area (Å²) in [7, 11) is 0. The highest BCUT2D eigenvalue weighted by Crippen LogP contribution is 2.41. The number of aliphatic hydroxyl groups is 1. The minimum absolute atomic E-state index is 0.00741. The molecule has 0 radical (unpaired) electrons. The van der Waals surface area contributed by atoms with Crippen molar-refractivity contribution in [2.75, 3.05) is 32.8 Å². The summed E-state index contributed by atoms with van der Waals surface area (Å²) in [5.74, 6) is -6.89. The molecule has 1 aliphatic rings. The molecule has 2 atom stereocenters. The van der Waals surface area contributed by atoms with Crippen molar-refractivity contribution in [3.8, 4) is 11.1 Å². The number of carboxylic acids is 1. The van der Waals surface area contributed by atoms with Gasteiger partial charge in [0.25, 0.3) is 11.8 Å². The van der Waals surface area contributed by atoms with Gasteiger partial charge in [-0.2, -0.15) is 13.2 Å². The van der Waals surface area contributed by atoms with Gasteiger partial charge in [-0.1, -0.05) is 51.1 Å². The molecule has 3 aromatic rings. The van der Waals surface area contributed by atoms with Crippen molar-refractivity contribution in [3.63, 3.8) is 0 Å². The van der Waals surface area contributed by atoms with Crippen molar-refractivity contribution < 1.29 is 60.9 Å². The topological polar surface area (TPSA) is 204 Å². The molecule has 1 unspecified atom stereocenters. The molecule has 0 saturated carbocycles. The molecule has 308 valence electrons. The fourth-order valence-corrected chi connectivity index (χ4v) is 5.81. The van der Waals surface area contributed by atoms with Crippen molar-refractivity contribution >= 4 is 35.5 Å². The zero-order chi connectivity index (χ0) is 42.7. The van der Waals surface area contributed by atoms with Crippen LogP contribution in [0.1, 0.15) is 44.5 Å². The lowest BCUT2D eigenvalue weighted by Crippen LogP contribution is -2.48. The van der Waals surface area contributed by atoms with Crippen LogP contribution in [0.15, 0.2) is 72.9 Å². The van der Waals surface area contributed by atoms with Crippen LogP contribution in [0.4, 0.5) is 22.0 Å². The number of carbonyl (C=O) groups excluding carboxylic acids is 5. The summed E-state index contributed by atoms with van der Waals surface area (Å²) in [6.45, 7) is 4.79. The third kappa shape index (κ3) is 13.1. The average Bonchev–Trinajstić information content (AvgIpc) is 3.69. The number of benzene rings is 2. The van der Waals surface area contributed by atoms with Crippen molar-refractivity contribution in [2.45, 2.75) is 52.0 Å². The smallest absolute Gasteiger partial charge is 0.475 e. The summed E-state index contributed by atoms with van der Waals surface area (Å²) in [6.07, 6.45) is -1.22. The Morgan fingerprint density at radius 2 is 1.51 bits per heavy atom. The molecule has 19 heteroatoms. The second-order valence-electron chi connectivity index (χ2n) is 13.8. The maximum absolute atomic E-state index is 15.0. The monoisotopic (exact) mass is 806 g/mol. The van der Waals surface area contributed by atoms with Crippen molar-refractivity contribution in [1.82, 2.24) is 25.0 Å².